The summed E-state index contributed by atoms with van der Waals surface area (Å²) in [6.07, 6.45) is 9.72. The van der Waals surface area contributed by atoms with Crippen molar-refractivity contribution in [1.29, 1.82) is 0 Å². The highest BCUT2D eigenvalue weighted by Crippen LogP contribution is 2.27. The standard InChI is InChI=1S/C24H33N7O/c1-19-15-20(30-12-10-29(11-13-30)18-24-25-8-9-28(24)2)6-7-22(19)23-17-31(27-26-23)16-21-5-3-4-14-32-21/h6-9,15,17,21H,3-5,10-14,16,18H2,1-2H3. The maximum atomic E-state index is 5.84. The number of nitrogens with zero attached hydrogens (tertiary/aromatic N) is 7. The van der Waals surface area contributed by atoms with E-state index < -0.39 is 0 Å². The third kappa shape index (κ3) is 4.71. The van der Waals surface area contributed by atoms with Gasteiger partial charge in [-0.25, -0.2) is 9.67 Å². The second-order valence-electron chi connectivity index (χ2n) is 9.03. The second kappa shape index (κ2) is 9.42. The van der Waals surface area contributed by atoms with Gasteiger partial charge in [-0.15, -0.1) is 5.10 Å². The topological polar surface area (TPSA) is 64.2 Å². The van der Waals surface area contributed by atoms with Crippen molar-refractivity contribution in [2.45, 2.75) is 45.4 Å². The maximum Gasteiger partial charge on any atom is 0.122 e. The van der Waals surface area contributed by atoms with Crippen LogP contribution in [0.3, 0.4) is 0 Å². The van der Waals surface area contributed by atoms with Crippen molar-refractivity contribution in [3.05, 3.63) is 48.2 Å². The first-order chi connectivity index (χ1) is 15.7. The maximum absolute atomic E-state index is 5.84. The van der Waals surface area contributed by atoms with Gasteiger partial charge < -0.3 is 14.2 Å². The Bertz CT molecular complexity index is 1030. The van der Waals surface area contributed by atoms with E-state index >= 15 is 0 Å². The number of aromatic nitrogens is 5. The summed E-state index contributed by atoms with van der Waals surface area (Å²) in [7, 11) is 2.06. The van der Waals surface area contributed by atoms with Crippen LogP contribution in [-0.4, -0.2) is 68.3 Å². The molecule has 0 bridgehead atoms. The molecule has 0 radical (unpaired) electrons. The highest BCUT2D eigenvalue weighted by molar-refractivity contribution is 5.67. The molecule has 2 aliphatic rings. The van der Waals surface area contributed by atoms with Crippen molar-refractivity contribution in [3.8, 4) is 11.3 Å². The third-order valence-corrected chi connectivity index (χ3v) is 6.71. The van der Waals surface area contributed by atoms with Crippen LogP contribution in [0.25, 0.3) is 11.3 Å². The summed E-state index contributed by atoms with van der Waals surface area (Å²) in [5.74, 6) is 1.13. The fraction of sp³-hybridized carbons (Fsp3) is 0.542. The van der Waals surface area contributed by atoms with Crippen LogP contribution in [0.2, 0.25) is 0 Å². The van der Waals surface area contributed by atoms with Gasteiger partial charge in [-0.05, 0) is 43.9 Å². The normalized spacial score (nSPS) is 20.1. The molecule has 32 heavy (non-hydrogen) atoms. The van der Waals surface area contributed by atoms with E-state index in [-0.39, 0.29) is 6.10 Å². The highest BCUT2D eigenvalue weighted by atomic mass is 16.5. The van der Waals surface area contributed by atoms with Crippen LogP contribution in [-0.2, 0) is 24.9 Å². The fourth-order valence-corrected chi connectivity index (χ4v) is 4.72. The minimum Gasteiger partial charge on any atom is -0.376 e. The first-order valence-corrected chi connectivity index (χ1v) is 11.7. The molecule has 4 heterocycles. The predicted octanol–water partition coefficient (Wildman–Crippen LogP) is 2.88. The Balaban J connectivity index is 1.20. The van der Waals surface area contributed by atoms with Gasteiger partial charge in [0.2, 0.25) is 0 Å². The Kier molecular flexibility index (Phi) is 6.23. The Labute approximate surface area is 189 Å². The smallest absolute Gasteiger partial charge is 0.122 e. The van der Waals surface area contributed by atoms with Crippen molar-refractivity contribution < 1.29 is 4.74 Å². The molecular formula is C24H33N7O. The van der Waals surface area contributed by atoms with Crippen LogP contribution in [0.4, 0.5) is 5.69 Å². The number of imidazole rings is 1. The van der Waals surface area contributed by atoms with Gasteiger partial charge in [0.1, 0.15) is 11.5 Å². The van der Waals surface area contributed by atoms with Gasteiger partial charge in [0.05, 0.1) is 25.4 Å². The molecule has 0 aliphatic carbocycles. The fourth-order valence-electron chi connectivity index (χ4n) is 4.72. The SMILES string of the molecule is Cc1cc(N2CCN(Cc3nccn3C)CC2)ccc1-c1cn(CC2CCCCO2)nn1. The molecule has 1 unspecified atom stereocenters. The van der Waals surface area contributed by atoms with Gasteiger partial charge in [-0.3, -0.25) is 4.90 Å². The average Bonchev–Trinajstić information content (AvgIpc) is 3.44. The van der Waals surface area contributed by atoms with Gasteiger partial charge in [0.15, 0.2) is 0 Å². The van der Waals surface area contributed by atoms with Gasteiger partial charge in [0, 0.05) is 63.5 Å². The lowest BCUT2D eigenvalue weighted by molar-refractivity contribution is 0.00370. The first-order valence-electron chi connectivity index (χ1n) is 11.7. The van der Waals surface area contributed by atoms with Crippen molar-refractivity contribution in [2.75, 3.05) is 37.7 Å². The minimum atomic E-state index is 0.262. The van der Waals surface area contributed by atoms with Crippen molar-refractivity contribution >= 4 is 5.69 Å². The lowest BCUT2D eigenvalue weighted by atomic mass is 10.0. The number of rotatable bonds is 6. The number of piperazine rings is 1. The molecule has 0 spiro atoms. The van der Waals surface area contributed by atoms with E-state index in [1.807, 2.05) is 17.1 Å². The first kappa shape index (κ1) is 21.2. The zero-order chi connectivity index (χ0) is 21.9. The number of benzene rings is 1. The summed E-state index contributed by atoms with van der Waals surface area (Å²) >= 11 is 0. The quantitative estimate of drug-likeness (QED) is 0.593. The van der Waals surface area contributed by atoms with Crippen LogP contribution in [0.5, 0.6) is 0 Å². The van der Waals surface area contributed by atoms with Crippen LogP contribution < -0.4 is 4.90 Å². The number of anilines is 1. The summed E-state index contributed by atoms with van der Waals surface area (Å²) in [5, 5.41) is 8.79. The number of hydrogen-bond acceptors (Lipinski definition) is 6. The predicted molar refractivity (Wildman–Crippen MR) is 124 cm³/mol. The molecule has 2 aliphatic heterocycles. The Morgan fingerprint density at radius 2 is 2.00 bits per heavy atom. The van der Waals surface area contributed by atoms with Gasteiger partial charge in [-0.1, -0.05) is 11.3 Å². The van der Waals surface area contributed by atoms with E-state index in [2.05, 4.69) is 68.0 Å². The molecule has 5 rings (SSSR count). The molecule has 3 aromatic rings. The largest absolute Gasteiger partial charge is 0.376 e. The summed E-state index contributed by atoms with van der Waals surface area (Å²) in [6.45, 7) is 8.88. The van der Waals surface area contributed by atoms with Crippen molar-refractivity contribution in [2.24, 2.45) is 7.05 Å². The zero-order valence-electron chi connectivity index (χ0n) is 19.2. The van der Waals surface area contributed by atoms with Crippen LogP contribution >= 0.6 is 0 Å². The van der Waals surface area contributed by atoms with Gasteiger partial charge in [-0.2, -0.15) is 0 Å². The monoisotopic (exact) mass is 435 g/mol. The summed E-state index contributed by atoms with van der Waals surface area (Å²) in [5.41, 5.74) is 4.60. The molecule has 2 fully saturated rings. The van der Waals surface area contributed by atoms with E-state index in [0.29, 0.717) is 0 Å². The number of hydrogen-bond donors (Lipinski definition) is 0. The summed E-state index contributed by atoms with van der Waals surface area (Å²) in [6, 6.07) is 6.70. The number of aryl methyl sites for hydroxylation is 2. The van der Waals surface area contributed by atoms with E-state index in [1.165, 1.54) is 24.1 Å². The molecule has 0 amide bonds. The van der Waals surface area contributed by atoms with E-state index in [0.717, 1.165) is 69.4 Å². The van der Waals surface area contributed by atoms with Gasteiger partial charge in [0.25, 0.3) is 0 Å². The molecule has 0 N–H and O–H groups in total. The summed E-state index contributed by atoms with van der Waals surface area (Å²) < 4.78 is 9.88. The highest BCUT2D eigenvalue weighted by Gasteiger charge is 2.20. The lowest BCUT2D eigenvalue weighted by Crippen LogP contribution is -2.46. The molecule has 0 saturated carbocycles. The zero-order valence-corrected chi connectivity index (χ0v) is 19.2. The van der Waals surface area contributed by atoms with Crippen molar-refractivity contribution in [1.82, 2.24) is 29.4 Å². The van der Waals surface area contributed by atoms with E-state index in [1.54, 1.807) is 0 Å². The Hall–Kier alpha value is -2.71. The van der Waals surface area contributed by atoms with Crippen LogP contribution in [0.15, 0.2) is 36.8 Å². The molecule has 1 atom stereocenters. The number of ether oxygens (including phenoxy) is 1. The average molecular weight is 436 g/mol. The second-order valence-corrected chi connectivity index (χ2v) is 9.03. The van der Waals surface area contributed by atoms with E-state index in [9.17, 15) is 0 Å². The lowest BCUT2D eigenvalue weighted by Gasteiger charge is -2.36. The molecule has 2 aromatic heterocycles. The summed E-state index contributed by atoms with van der Waals surface area (Å²) in [4.78, 5) is 9.42. The molecule has 8 nitrogen and oxygen atoms in total. The third-order valence-electron chi connectivity index (χ3n) is 6.71. The molecule has 2 saturated heterocycles. The molecular weight excluding hydrogens is 402 g/mol. The van der Waals surface area contributed by atoms with Gasteiger partial charge >= 0.3 is 0 Å². The van der Waals surface area contributed by atoms with Crippen LogP contribution in [0.1, 0.15) is 30.7 Å². The molecule has 1 aromatic carbocycles. The van der Waals surface area contributed by atoms with Crippen LogP contribution in [0, 0.1) is 6.92 Å². The van der Waals surface area contributed by atoms with E-state index in [4.69, 9.17) is 4.74 Å². The Morgan fingerprint density at radius 1 is 1.12 bits per heavy atom. The molecule has 8 heteroatoms. The molecule has 170 valence electrons. The minimum absolute atomic E-state index is 0.262. The van der Waals surface area contributed by atoms with Crippen molar-refractivity contribution in [3.63, 3.8) is 0 Å². The Morgan fingerprint density at radius 3 is 2.72 bits per heavy atom.